The zero-order valence-electron chi connectivity index (χ0n) is 21.6. The van der Waals surface area contributed by atoms with E-state index in [4.69, 9.17) is 9.16 Å². The van der Waals surface area contributed by atoms with Crippen LogP contribution in [-0.4, -0.2) is 32.8 Å². The van der Waals surface area contributed by atoms with E-state index in [0.717, 1.165) is 19.3 Å². The van der Waals surface area contributed by atoms with Crippen molar-refractivity contribution in [1.82, 2.24) is 0 Å². The van der Waals surface area contributed by atoms with Crippen molar-refractivity contribution < 1.29 is 18.8 Å². The Labute approximate surface area is 191 Å². The molecule has 0 unspecified atom stereocenters. The van der Waals surface area contributed by atoms with Gasteiger partial charge in [0.25, 0.3) is 0 Å². The van der Waals surface area contributed by atoms with E-state index in [1.807, 2.05) is 13.0 Å². The Balaban J connectivity index is 2.22. The highest BCUT2D eigenvalue weighted by atomic mass is 28.4. The van der Waals surface area contributed by atoms with E-state index in [2.05, 4.69) is 62.3 Å². The number of carbonyl (C=O) groups excluding carboxylic acids is 2. The molecule has 0 saturated heterocycles. The summed E-state index contributed by atoms with van der Waals surface area (Å²) in [6, 6.07) is 0. The fraction of sp³-hybridized carbons (Fsp3) is 0.846. The number of hydrogen-bond donors (Lipinski definition) is 0. The number of hydrogen-bond acceptors (Lipinski definition) is 4. The highest BCUT2D eigenvalue weighted by Crippen LogP contribution is 2.59. The summed E-state index contributed by atoms with van der Waals surface area (Å²) in [5, 5.41) is 0. The number of carbonyl (C=O) groups is 2. The third-order valence-corrected chi connectivity index (χ3v) is 14.3. The second kappa shape index (κ2) is 9.50. The summed E-state index contributed by atoms with van der Waals surface area (Å²) in [7, 11) is -2.08. The molecule has 0 aromatic rings. The molecular weight excluding hydrogens is 404 g/mol. The molecule has 0 spiro atoms. The Morgan fingerprint density at radius 3 is 2.03 bits per heavy atom. The fourth-order valence-corrected chi connectivity index (χ4v) is 12.3. The van der Waals surface area contributed by atoms with Crippen LogP contribution in [0.2, 0.25) is 16.6 Å². The van der Waals surface area contributed by atoms with Crippen molar-refractivity contribution in [3.05, 3.63) is 12.2 Å². The van der Waals surface area contributed by atoms with Gasteiger partial charge in [0.1, 0.15) is 6.10 Å². The normalized spacial score (nSPS) is 31.1. The lowest BCUT2D eigenvalue weighted by Crippen LogP contribution is -2.62. The smallest absolute Gasteiger partial charge is 0.330 e. The van der Waals surface area contributed by atoms with Gasteiger partial charge in [-0.15, -0.1) is 0 Å². The first-order valence-electron chi connectivity index (χ1n) is 12.3. The lowest BCUT2D eigenvalue weighted by molar-refractivity contribution is -0.158. The number of esters is 1. The van der Waals surface area contributed by atoms with Gasteiger partial charge in [0.2, 0.25) is 8.32 Å². The summed E-state index contributed by atoms with van der Waals surface area (Å²) in [6.07, 6.45) is 6.10. The summed E-state index contributed by atoms with van der Waals surface area (Å²) in [4.78, 5) is 25.5. The topological polar surface area (TPSA) is 52.6 Å². The highest BCUT2D eigenvalue weighted by molar-refractivity contribution is 6.77. The molecule has 4 nitrogen and oxygen atoms in total. The van der Waals surface area contributed by atoms with Gasteiger partial charge in [0.05, 0.1) is 6.61 Å². The molecule has 0 aromatic carbocycles. The first-order chi connectivity index (χ1) is 14.2. The van der Waals surface area contributed by atoms with Crippen LogP contribution in [0.3, 0.4) is 0 Å². The minimum atomic E-state index is -2.08. The number of rotatable bonds is 9. The molecule has 2 aliphatic carbocycles. The van der Waals surface area contributed by atoms with E-state index >= 15 is 0 Å². The third-order valence-electron chi connectivity index (χ3n) is 8.18. The molecule has 2 saturated carbocycles. The van der Waals surface area contributed by atoms with Crippen LogP contribution in [0.5, 0.6) is 0 Å². The summed E-state index contributed by atoms with van der Waals surface area (Å²) in [5.74, 6) is 0.452. The first kappa shape index (κ1) is 26.3. The van der Waals surface area contributed by atoms with Crippen molar-refractivity contribution in [3.63, 3.8) is 0 Å². The predicted octanol–water partition coefficient (Wildman–Crippen LogP) is 6.70. The van der Waals surface area contributed by atoms with E-state index in [0.29, 0.717) is 23.2 Å². The molecule has 0 bridgehead atoms. The SMILES string of the molecule is CCOC(=O)/C=C/[C@@H]1CC(C)(C)C[C@@H]1[C@@]1(C)C[C@H](O[Si](C(C)C)(C(C)C)C(C)C)C1=O. The van der Waals surface area contributed by atoms with Gasteiger partial charge in [0.15, 0.2) is 5.78 Å². The summed E-state index contributed by atoms with van der Waals surface area (Å²) < 4.78 is 11.9. The minimum absolute atomic E-state index is 0.163. The Morgan fingerprint density at radius 2 is 1.58 bits per heavy atom. The van der Waals surface area contributed by atoms with E-state index in [9.17, 15) is 9.59 Å². The third kappa shape index (κ3) is 5.03. The van der Waals surface area contributed by atoms with E-state index in [1.54, 1.807) is 6.08 Å². The standard InChI is InChI=1S/C26H46O4Si/c1-11-29-23(27)13-12-20-14-25(8,9)15-21(20)26(10)16-22(24(26)28)30-31(17(2)3,18(4)5)19(6)7/h12-13,17-22H,11,14-16H2,1-10H3/b13-12+/t20-,21+,22+,26-/m1/s1. The molecule has 0 aromatic heterocycles. The largest absolute Gasteiger partial charge is 0.463 e. The molecule has 5 heteroatoms. The van der Waals surface area contributed by atoms with Crippen LogP contribution in [0.25, 0.3) is 0 Å². The number of Topliss-reactive ketones (excluding diaryl/α,β-unsaturated/α-hetero) is 1. The maximum Gasteiger partial charge on any atom is 0.330 e. The second-order valence-corrected chi connectivity index (χ2v) is 17.3. The number of ether oxygens (including phenoxy) is 1. The average Bonchev–Trinajstić information content (AvgIpc) is 2.97. The van der Waals surface area contributed by atoms with E-state index in [1.165, 1.54) is 0 Å². The van der Waals surface area contributed by atoms with Crippen LogP contribution >= 0.6 is 0 Å². The van der Waals surface area contributed by atoms with Crippen LogP contribution in [0.4, 0.5) is 0 Å². The predicted molar refractivity (Wildman–Crippen MR) is 129 cm³/mol. The van der Waals surface area contributed by atoms with Crippen molar-refractivity contribution in [1.29, 1.82) is 0 Å². The van der Waals surface area contributed by atoms with E-state index in [-0.39, 0.29) is 40.5 Å². The molecule has 0 radical (unpaired) electrons. The van der Waals surface area contributed by atoms with Crippen molar-refractivity contribution in [3.8, 4) is 0 Å². The molecule has 0 heterocycles. The van der Waals surface area contributed by atoms with Gasteiger partial charge in [0, 0.05) is 11.5 Å². The molecule has 0 N–H and O–H groups in total. The van der Waals surface area contributed by atoms with Crippen LogP contribution in [-0.2, 0) is 18.8 Å². The van der Waals surface area contributed by atoms with E-state index < -0.39 is 8.32 Å². The average molecular weight is 451 g/mol. The fourth-order valence-electron chi connectivity index (χ4n) is 6.80. The van der Waals surface area contributed by atoms with Gasteiger partial charge in [-0.2, -0.15) is 0 Å². The van der Waals surface area contributed by atoms with Gasteiger partial charge in [-0.05, 0) is 60.1 Å². The molecular formula is C26H46O4Si. The van der Waals surface area contributed by atoms with Crippen LogP contribution in [0.1, 0.15) is 88.5 Å². The van der Waals surface area contributed by atoms with Crippen molar-refractivity contribution in [2.45, 2.75) is 111 Å². The molecule has 2 aliphatic rings. The highest BCUT2D eigenvalue weighted by Gasteiger charge is 2.61. The summed E-state index contributed by atoms with van der Waals surface area (Å²) in [5.41, 5.74) is 1.21. The van der Waals surface area contributed by atoms with Gasteiger partial charge < -0.3 is 9.16 Å². The monoisotopic (exact) mass is 450 g/mol. The Kier molecular flexibility index (Phi) is 8.07. The van der Waals surface area contributed by atoms with Crippen LogP contribution in [0.15, 0.2) is 12.2 Å². The zero-order valence-corrected chi connectivity index (χ0v) is 22.6. The maximum atomic E-state index is 13.6. The van der Waals surface area contributed by atoms with Gasteiger partial charge in [-0.3, -0.25) is 4.79 Å². The molecule has 0 aliphatic heterocycles. The Morgan fingerprint density at radius 1 is 1.03 bits per heavy atom. The number of ketones is 1. The summed E-state index contributed by atoms with van der Waals surface area (Å²) >= 11 is 0. The molecule has 178 valence electrons. The molecule has 2 fully saturated rings. The van der Waals surface area contributed by atoms with Crippen molar-refractivity contribution in [2.75, 3.05) is 6.61 Å². The second-order valence-electron chi connectivity index (χ2n) is 11.9. The minimum Gasteiger partial charge on any atom is -0.463 e. The molecule has 2 rings (SSSR count). The van der Waals surface area contributed by atoms with Gasteiger partial charge >= 0.3 is 5.97 Å². The maximum absolute atomic E-state index is 13.6. The summed E-state index contributed by atoms with van der Waals surface area (Å²) in [6.45, 7) is 22.5. The van der Waals surface area contributed by atoms with Crippen molar-refractivity contribution in [2.24, 2.45) is 22.7 Å². The molecule has 31 heavy (non-hydrogen) atoms. The first-order valence-corrected chi connectivity index (χ1v) is 14.4. The van der Waals surface area contributed by atoms with Crippen molar-refractivity contribution >= 4 is 20.1 Å². The quantitative estimate of drug-likeness (QED) is 0.223. The van der Waals surface area contributed by atoms with Gasteiger partial charge in [-0.1, -0.05) is 68.4 Å². The van der Waals surface area contributed by atoms with Crippen LogP contribution in [0, 0.1) is 22.7 Å². The zero-order chi connectivity index (χ0) is 23.8. The lowest BCUT2D eigenvalue weighted by atomic mass is 9.57. The molecule has 4 atom stereocenters. The van der Waals surface area contributed by atoms with Gasteiger partial charge in [-0.25, -0.2) is 4.79 Å². The van der Waals surface area contributed by atoms with Crippen LogP contribution < -0.4 is 0 Å². The molecule has 0 amide bonds. The Bertz CT molecular complexity index is 672. The number of allylic oxidation sites excluding steroid dienone is 1. The lowest BCUT2D eigenvalue weighted by Gasteiger charge is -2.53. The Hall–Kier alpha value is -0.943.